The van der Waals surface area contributed by atoms with Crippen LogP contribution in [0.25, 0.3) is 0 Å². The molecule has 1 spiro atoms. The predicted molar refractivity (Wildman–Crippen MR) is 157 cm³/mol. The Hall–Kier alpha value is -4.30. The molecular formula is C29H26BrClN4O9. The molecule has 1 amide bonds. The van der Waals surface area contributed by atoms with Gasteiger partial charge in [-0.3, -0.25) is 19.5 Å². The van der Waals surface area contributed by atoms with Crippen molar-refractivity contribution in [2.75, 3.05) is 21.0 Å². The third kappa shape index (κ3) is 4.72. The van der Waals surface area contributed by atoms with Crippen LogP contribution in [0.5, 0.6) is 28.7 Å². The van der Waals surface area contributed by atoms with E-state index in [0.29, 0.717) is 27.6 Å². The number of carbonyl (C=O) groups excluding carboxylic acids is 3. The van der Waals surface area contributed by atoms with Crippen molar-refractivity contribution in [1.29, 1.82) is 0 Å². The average molecular weight is 690 g/mol. The number of aliphatic hydroxyl groups excluding tert-OH is 1. The molecule has 6 rings (SSSR count). The fraction of sp³-hybridized carbons (Fsp3) is 0.345. The first-order valence-corrected chi connectivity index (χ1v) is 14.6. The van der Waals surface area contributed by atoms with E-state index >= 15 is 0 Å². The first kappa shape index (κ1) is 29.8. The highest BCUT2D eigenvalue weighted by atomic mass is 79.9. The minimum Gasteiger partial charge on any atom is -0.507 e. The summed E-state index contributed by atoms with van der Waals surface area (Å²) in [5.41, 5.74) is -1.65. The highest BCUT2D eigenvalue weighted by Gasteiger charge is 2.61. The van der Waals surface area contributed by atoms with E-state index < -0.39 is 40.7 Å². The number of amides is 1. The molecule has 0 fully saturated rings. The van der Waals surface area contributed by atoms with Gasteiger partial charge in [-0.1, -0.05) is 24.6 Å². The number of fused-ring (bicyclic) bond motifs is 2. The molecule has 3 aliphatic rings. The van der Waals surface area contributed by atoms with Crippen molar-refractivity contribution in [2.24, 2.45) is 5.92 Å². The maximum Gasteiger partial charge on any atom is 0.231 e. The van der Waals surface area contributed by atoms with Gasteiger partial charge in [0.15, 0.2) is 28.8 Å². The lowest BCUT2D eigenvalue weighted by molar-refractivity contribution is -0.122. The van der Waals surface area contributed by atoms with E-state index in [1.165, 1.54) is 20.3 Å². The number of benzene rings is 2. The van der Waals surface area contributed by atoms with E-state index in [9.17, 15) is 19.5 Å². The Morgan fingerprint density at radius 2 is 1.98 bits per heavy atom. The second kappa shape index (κ2) is 11.3. The standard InChI is InChI=1S/C29H26BrClN4O9/c1-12-6-15(36)22(26(38)29(12)27(39)23-18(40-2)9-19(41-3)24(31)25(23)44-29)14(13-4-5-16-17(7-13)43-11-42-16)8-21(37)32-10-20-33-28(30)35-34-20/h4-5,7,9,12,14,38H,6,8,10-11H2,1-3H3,(H,32,37)(H,33,34,35)/t12-,14?,29+/m1/s1. The number of methoxy groups -OCH3 is 2. The summed E-state index contributed by atoms with van der Waals surface area (Å²) < 4.78 is 28.4. The van der Waals surface area contributed by atoms with Crippen molar-refractivity contribution in [1.82, 2.24) is 20.5 Å². The summed E-state index contributed by atoms with van der Waals surface area (Å²) in [5, 5.41) is 21.3. The van der Waals surface area contributed by atoms with Gasteiger partial charge >= 0.3 is 0 Å². The maximum atomic E-state index is 14.2. The number of aliphatic hydroxyl groups is 1. The predicted octanol–water partition coefficient (Wildman–Crippen LogP) is 4.19. The van der Waals surface area contributed by atoms with Gasteiger partial charge in [0.2, 0.25) is 28.8 Å². The van der Waals surface area contributed by atoms with Crippen molar-refractivity contribution in [3.8, 4) is 28.7 Å². The summed E-state index contributed by atoms with van der Waals surface area (Å²) in [4.78, 5) is 45.4. The summed E-state index contributed by atoms with van der Waals surface area (Å²) in [6, 6.07) is 6.42. The van der Waals surface area contributed by atoms with Crippen LogP contribution < -0.4 is 29.0 Å². The minimum atomic E-state index is -2.01. The van der Waals surface area contributed by atoms with Gasteiger partial charge in [-0.25, -0.2) is 4.98 Å². The van der Waals surface area contributed by atoms with E-state index in [-0.39, 0.29) is 59.6 Å². The Kier molecular flexibility index (Phi) is 7.66. The van der Waals surface area contributed by atoms with Crippen LogP contribution >= 0.6 is 27.5 Å². The molecule has 230 valence electrons. The Balaban J connectivity index is 1.45. The second-order valence-electron chi connectivity index (χ2n) is 10.5. The quantitative estimate of drug-likeness (QED) is 0.310. The van der Waals surface area contributed by atoms with Crippen molar-refractivity contribution in [3.63, 3.8) is 0 Å². The lowest BCUT2D eigenvalue weighted by atomic mass is 9.69. The molecule has 15 heteroatoms. The van der Waals surface area contributed by atoms with Crippen LogP contribution in [-0.4, -0.2) is 64.4 Å². The largest absolute Gasteiger partial charge is 0.507 e. The summed E-state index contributed by atoms with van der Waals surface area (Å²) in [6.45, 7) is 1.67. The second-order valence-corrected chi connectivity index (χ2v) is 11.5. The molecule has 3 aromatic rings. The number of hydrogen-bond donors (Lipinski definition) is 3. The average Bonchev–Trinajstić information content (AvgIpc) is 3.73. The Labute approximate surface area is 263 Å². The van der Waals surface area contributed by atoms with Gasteiger partial charge in [-0.15, -0.1) is 5.10 Å². The van der Waals surface area contributed by atoms with Crippen LogP contribution in [-0.2, 0) is 16.1 Å². The zero-order chi connectivity index (χ0) is 31.3. The number of ether oxygens (including phenoxy) is 5. The van der Waals surface area contributed by atoms with Crippen molar-refractivity contribution in [3.05, 3.63) is 62.3 Å². The molecule has 13 nitrogen and oxygen atoms in total. The highest BCUT2D eigenvalue weighted by Crippen LogP contribution is 2.56. The molecule has 2 aliphatic heterocycles. The van der Waals surface area contributed by atoms with Crippen LogP contribution in [0.1, 0.15) is 47.4 Å². The Morgan fingerprint density at radius 1 is 1.23 bits per heavy atom. The van der Waals surface area contributed by atoms with Gasteiger partial charge in [0, 0.05) is 36.3 Å². The summed E-state index contributed by atoms with van der Waals surface area (Å²) in [5.74, 6) is -2.35. The number of H-pyrrole nitrogens is 1. The first-order chi connectivity index (χ1) is 21.1. The molecule has 1 aromatic heterocycles. The molecule has 0 saturated carbocycles. The number of allylic oxidation sites excluding steroid dienone is 1. The zero-order valence-corrected chi connectivity index (χ0v) is 26.0. The van der Waals surface area contributed by atoms with Gasteiger partial charge in [-0.2, -0.15) is 0 Å². The fourth-order valence-corrected chi connectivity index (χ4v) is 6.41. The molecule has 0 saturated heterocycles. The number of rotatable bonds is 8. The van der Waals surface area contributed by atoms with E-state index in [1.807, 2.05) is 0 Å². The maximum absolute atomic E-state index is 14.2. The third-order valence-electron chi connectivity index (χ3n) is 8.01. The number of nitrogens with one attached hydrogen (secondary N) is 2. The number of aromatic amines is 1. The number of ketones is 2. The Bertz CT molecular complexity index is 1740. The van der Waals surface area contributed by atoms with Gasteiger partial charge < -0.3 is 34.1 Å². The van der Waals surface area contributed by atoms with E-state index in [2.05, 4.69) is 36.4 Å². The zero-order valence-electron chi connectivity index (χ0n) is 23.7. The topological polar surface area (TPSA) is 171 Å². The highest BCUT2D eigenvalue weighted by molar-refractivity contribution is 9.10. The van der Waals surface area contributed by atoms with Crippen LogP contribution in [0.4, 0.5) is 0 Å². The first-order valence-electron chi connectivity index (χ1n) is 13.5. The van der Waals surface area contributed by atoms with Crippen LogP contribution in [0.2, 0.25) is 5.02 Å². The van der Waals surface area contributed by atoms with E-state index in [1.54, 1.807) is 25.1 Å². The molecule has 0 radical (unpaired) electrons. The van der Waals surface area contributed by atoms with Crippen molar-refractivity contribution < 1.29 is 43.2 Å². The lowest BCUT2D eigenvalue weighted by Gasteiger charge is -2.38. The summed E-state index contributed by atoms with van der Waals surface area (Å²) in [6.07, 6.45) is -0.436. The number of halogens is 2. The smallest absolute Gasteiger partial charge is 0.231 e. The van der Waals surface area contributed by atoms with Gasteiger partial charge in [0.05, 0.1) is 20.8 Å². The van der Waals surface area contributed by atoms with E-state index in [0.717, 1.165) is 0 Å². The molecule has 0 bridgehead atoms. The minimum absolute atomic E-state index is 0.0108. The third-order valence-corrected chi connectivity index (χ3v) is 8.72. The van der Waals surface area contributed by atoms with Gasteiger partial charge in [0.25, 0.3) is 0 Å². The van der Waals surface area contributed by atoms with Gasteiger partial charge in [0.1, 0.15) is 27.9 Å². The SMILES string of the molecule is COc1cc(OC)c2c(c1Cl)O[C@]1(C2=O)C(O)=C(C(CC(=O)NCc2nc(Br)n[nH]2)c2ccc3c(c2)OCO3)C(=O)C[C@H]1C. The van der Waals surface area contributed by atoms with Crippen LogP contribution in [0.15, 0.2) is 40.3 Å². The number of nitrogens with zero attached hydrogens (tertiary/aromatic N) is 2. The normalized spacial score (nSPS) is 20.9. The molecule has 2 aromatic carbocycles. The number of hydrogen-bond acceptors (Lipinski definition) is 11. The molecular weight excluding hydrogens is 664 g/mol. The lowest BCUT2D eigenvalue weighted by Crippen LogP contribution is -2.53. The summed E-state index contributed by atoms with van der Waals surface area (Å²) in [7, 11) is 2.78. The summed E-state index contributed by atoms with van der Waals surface area (Å²) >= 11 is 9.71. The van der Waals surface area contributed by atoms with Gasteiger partial charge in [-0.05, 0) is 33.6 Å². The molecule has 3 N–H and O–H groups in total. The van der Waals surface area contributed by atoms with Crippen LogP contribution in [0, 0.1) is 5.92 Å². The van der Waals surface area contributed by atoms with Crippen molar-refractivity contribution >= 4 is 45.0 Å². The molecule has 3 heterocycles. The van der Waals surface area contributed by atoms with E-state index in [4.69, 9.17) is 35.3 Å². The number of Topliss-reactive ketones (excluding diaryl/α,β-unsaturated/α-hetero) is 2. The van der Waals surface area contributed by atoms with Crippen molar-refractivity contribution in [2.45, 2.75) is 37.8 Å². The Morgan fingerprint density at radius 3 is 2.68 bits per heavy atom. The molecule has 1 unspecified atom stereocenters. The fourth-order valence-electron chi connectivity index (χ4n) is 5.85. The number of aromatic nitrogens is 3. The molecule has 1 aliphatic carbocycles. The monoisotopic (exact) mass is 688 g/mol. The number of carbonyl (C=O) groups is 3. The van der Waals surface area contributed by atoms with Crippen LogP contribution in [0.3, 0.4) is 0 Å². The molecule has 44 heavy (non-hydrogen) atoms. The molecule has 3 atom stereocenters.